The normalized spacial score (nSPS) is 23.4. The third kappa shape index (κ3) is 2.06. The summed E-state index contributed by atoms with van der Waals surface area (Å²) in [5, 5.41) is 3.39. The van der Waals surface area contributed by atoms with Crippen LogP contribution in [0.3, 0.4) is 0 Å². The second kappa shape index (κ2) is 4.08. The molecule has 1 aliphatic rings. The van der Waals surface area contributed by atoms with E-state index < -0.39 is 0 Å². The van der Waals surface area contributed by atoms with Gasteiger partial charge in [-0.25, -0.2) is 4.39 Å². The zero-order valence-electron chi connectivity index (χ0n) is 10.3. The molecule has 2 rings (SSSR count). The molecule has 1 aliphatic carbocycles. The van der Waals surface area contributed by atoms with Crippen LogP contribution in [-0.2, 0) is 0 Å². The number of hydrogen-bond acceptors (Lipinski definition) is 1. The fourth-order valence-corrected chi connectivity index (χ4v) is 2.58. The molecule has 1 fully saturated rings. The number of benzene rings is 1. The Morgan fingerprint density at radius 2 is 2.12 bits per heavy atom. The minimum Gasteiger partial charge on any atom is -0.379 e. The molecule has 0 heterocycles. The molecule has 1 aromatic rings. The van der Waals surface area contributed by atoms with Crippen molar-refractivity contribution in [3.8, 4) is 0 Å². The standard InChI is InChI=1S/C14H20FN/c1-10-6-4-7-11(15)13(10)16-12-8-5-9-14(12,2)3/h4,6-7,12,16H,5,8-9H2,1-3H3. The maximum Gasteiger partial charge on any atom is 0.146 e. The highest BCUT2D eigenvalue weighted by atomic mass is 19.1. The molecule has 0 bridgehead atoms. The maximum atomic E-state index is 13.7. The summed E-state index contributed by atoms with van der Waals surface area (Å²) < 4.78 is 13.7. The molecule has 2 heteroatoms. The van der Waals surface area contributed by atoms with Crippen molar-refractivity contribution in [1.29, 1.82) is 0 Å². The summed E-state index contributed by atoms with van der Waals surface area (Å²) in [5.41, 5.74) is 1.94. The first-order valence-corrected chi connectivity index (χ1v) is 6.02. The Labute approximate surface area is 97.1 Å². The van der Waals surface area contributed by atoms with Gasteiger partial charge in [-0.15, -0.1) is 0 Å². The average Bonchev–Trinajstić information content (AvgIpc) is 2.52. The van der Waals surface area contributed by atoms with Gasteiger partial charge in [0, 0.05) is 6.04 Å². The molecular formula is C14H20FN. The van der Waals surface area contributed by atoms with Crippen LogP contribution in [-0.4, -0.2) is 6.04 Å². The number of nitrogens with one attached hydrogen (secondary N) is 1. The Morgan fingerprint density at radius 1 is 1.38 bits per heavy atom. The third-order valence-electron chi connectivity index (χ3n) is 3.80. The molecule has 0 spiro atoms. The van der Waals surface area contributed by atoms with Crippen LogP contribution in [0.25, 0.3) is 0 Å². The quantitative estimate of drug-likeness (QED) is 0.792. The van der Waals surface area contributed by atoms with E-state index in [-0.39, 0.29) is 11.2 Å². The lowest BCUT2D eigenvalue weighted by Gasteiger charge is -2.29. The zero-order chi connectivity index (χ0) is 11.8. The topological polar surface area (TPSA) is 12.0 Å². The Kier molecular flexibility index (Phi) is 2.92. The number of hydrogen-bond donors (Lipinski definition) is 1. The fourth-order valence-electron chi connectivity index (χ4n) is 2.58. The summed E-state index contributed by atoms with van der Waals surface area (Å²) in [6.45, 7) is 6.47. The van der Waals surface area contributed by atoms with Crippen molar-refractivity contribution in [3.05, 3.63) is 29.6 Å². The van der Waals surface area contributed by atoms with Crippen molar-refractivity contribution in [3.63, 3.8) is 0 Å². The zero-order valence-corrected chi connectivity index (χ0v) is 10.3. The van der Waals surface area contributed by atoms with Crippen molar-refractivity contribution < 1.29 is 4.39 Å². The Bertz CT molecular complexity index is 364. The molecule has 1 unspecified atom stereocenters. The largest absolute Gasteiger partial charge is 0.379 e. The summed E-state index contributed by atoms with van der Waals surface area (Å²) in [5.74, 6) is -0.136. The van der Waals surface area contributed by atoms with E-state index in [2.05, 4.69) is 19.2 Å². The third-order valence-corrected chi connectivity index (χ3v) is 3.80. The molecule has 0 aromatic heterocycles. The summed E-state index contributed by atoms with van der Waals surface area (Å²) in [7, 11) is 0. The van der Waals surface area contributed by atoms with Crippen LogP contribution in [0.2, 0.25) is 0 Å². The highest BCUT2D eigenvalue weighted by molar-refractivity contribution is 5.52. The molecular weight excluding hydrogens is 201 g/mol. The smallest absolute Gasteiger partial charge is 0.146 e. The van der Waals surface area contributed by atoms with Gasteiger partial charge in [-0.2, -0.15) is 0 Å². The van der Waals surface area contributed by atoms with Gasteiger partial charge in [-0.05, 0) is 36.8 Å². The molecule has 1 atom stereocenters. The fraction of sp³-hybridized carbons (Fsp3) is 0.571. The van der Waals surface area contributed by atoms with E-state index in [9.17, 15) is 4.39 Å². The van der Waals surface area contributed by atoms with Gasteiger partial charge < -0.3 is 5.32 Å². The molecule has 0 radical (unpaired) electrons. The first-order valence-electron chi connectivity index (χ1n) is 6.02. The Balaban J connectivity index is 2.21. The van der Waals surface area contributed by atoms with Gasteiger partial charge >= 0.3 is 0 Å². The van der Waals surface area contributed by atoms with Crippen molar-refractivity contribution in [2.24, 2.45) is 5.41 Å². The molecule has 0 amide bonds. The number of halogens is 1. The van der Waals surface area contributed by atoms with Crippen LogP contribution < -0.4 is 5.32 Å². The van der Waals surface area contributed by atoms with Crippen LogP contribution in [0.4, 0.5) is 10.1 Å². The van der Waals surface area contributed by atoms with Gasteiger partial charge in [0.15, 0.2) is 0 Å². The molecule has 0 saturated heterocycles. The van der Waals surface area contributed by atoms with Crippen LogP contribution in [0.1, 0.15) is 38.7 Å². The predicted molar refractivity (Wildman–Crippen MR) is 66.2 cm³/mol. The summed E-state index contributed by atoms with van der Waals surface area (Å²) in [4.78, 5) is 0. The van der Waals surface area contributed by atoms with Crippen LogP contribution in [0, 0.1) is 18.2 Å². The molecule has 1 saturated carbocycles. The van der Waals surface area contributed by atoms with Gasteiger partial charge in [0.05, 0.1) is 5.69 Å². The Hall–Kier alpha value is -1.05. The van der Waals surface area contributed by atoms with E-state index in [4.69, 9.17) is 0 Å². The molecule has 88 valence electrons. The lowest BCUT2D eigenvalue weighted by Crippen LogP contribution is -2.31. The Morgan fingerprint density at radius 3 is 2.69 bits per heavy atom. The van der Waals surface area contributed by atoms with Crippen molar-refractivity contribution in [2.75, 3.05) is 5.32 Å². The molecule has 1 N–H and O–H groups in total. The maximum absolute atomic E-state index is 13.7. The lowest BCUT2D eigenvalue weighted by atomic mass is 9.87. The summed E-state index contributed by atoms with van der Waals surface area (Å²) in [6.07, 6.45) is 3.59. The van der Waals surface area contributed by atoms with Crippen molar-refractivity contribution in [2.45, 2.75) is 46.1 Å². The summed E-state index contributed by atoms with van der Waals surface area (Å²) >= 11 is 0. The van der Waals surface area contributed by atoms with E-state index in [0.29, 0.717) is 11.7 Å². The van der Waals surface area contributed by atoms with E-state index in [1.165, 1.54) is 18.9 Å². The van der Waals surface area contributed by atoms with Crippen molar-refractivity contribution in [1.82, 2.24) is 0 Å². The predicted octanol–water partition coefficient (Wildman–Crippen LogP) is 4.12. The first-order chi connectivity index (χ1) is 7.50. The van der Waals surface area contributed by atoms with Crippen LogP contribution in [0.5, 0.6) is 0 Å². The van der Waals surface area contributed by atoms with Crippen LogP contribution in [0.15, 0.2) is 18.2 Å². The van der Waals surface area contributed by atoms with E-state index in [1.54, 1.807) is 6.07 Å². The lowest BCUT2D eigenvalue weighted by molar-refractivity contribution is 0.349. The SMILES string of the molecule is Cc1cccc(F)c1NC1CCCC1(C)C. The minimum atomic E-state index is -0.136. The minimum absolute atomic E-state index is 0.136. The number of rotatable bonds is 2. The monoisotopic (exact) mass is 221 g/mol. The highest BCUT2D eigenvalue weighted by Gasteiger charge is 2.34. The number of aryl methyl sites for hydroxylation is 1. The van der Waals surface area contributed by atoms with Gasteiger partial charge in [-0.3, -0.25) is 0 Å². The van der Waals surface area contributed by atoms with Gasteiger partial charge in [-0.1, -0.05) is 32.4 Å². The second-order valence-corrected chi connectivity index (χ2v) is 5.51. The molecule has 0 aliphatic heterocycles. The average molecular weight is 221 g/mol. The van der Waals surface area contributed by atoms with Crippen LogP contribution >= 0.6 is 0 Å². The van der Waals surface area contributed by atoms with E-state index >= 15 is 0 Å². The summed E-state index contributed by atoms with van der Waals surface area (Å²) in [6, 6.07) is 5.63. The molecule has 1 nitrogen and oxygen atoms in total. The van der Waals surface area contributed by atoms with E-state index in [0.717, 1.165) is 12.0 Å². The molecule has 1 aromatic carbocycles. The van der Waals surface area contributed by atoms with Crippen molar-refractivity contribution >= 4 is 5.69 Å². The van der Waals surface area contributed by atoms with Gasteiger partial charge in [0.2, 0.25) is 0 Å². The number of anilines is 1. The highest BCUT2D eigenvalue weighted by Crippen LogP contribution is 2.39. The van der Waals surface area contributed by atoms with Gasteiger partial charge in [0.1, 0.15) is 5.82 Å². The second-order valence-electron chi connectivity index (χ2n) is 5.51. The number of para-hydroxylation sites is 1. The first kappa shape index (κ1) is 11.4. The van der Waals surface area contributed by atoms with Gasteiger partial charge in [0.25, 0.3) is 0 Å². The molecule has 16 heavy (non-hydrogen) atoms. The van der Waals surface area contributed by atoms with E-state index in [1.807, 2.05) is 13.0 Å².